The Kier molecular flexibility index (Phi) is 4.66. The zero-order valence-corrected chi connectivity index (χ0v) is 10.3. The number of carbonyl (C=O) groups is 3. The summed E-state index contributed by atoms with van der Waals surface area (Å²) in [5, 5.41) is 9.07. The van der Waals surface area contributed by atoms with Gasteiger partial charge in [-0.2, -0.15) is 0 Å². The first-order valence-corrected chi connectivity index (χ1v) is 5.99. The predicted octanol–water partition coefficient (Wildman–Crippen LogP) is 1.27. The van der Waals surface area contributed by atoms with Gasteiger partial charge < -0.3 is 5.11 Å². The molecule has 0 aromatic carbocycles. The summed E-state index contributed by atoms with van der Waals surface area (Å²) in [5.41, 5.74) is 0. The average molecular weight is 241 g/mol. The smallest absolute Gasteiger partial charge is 0.308 e. The van der Waals surface area contributed by atoms with Crippen LogP contribution >= 0.6 is 0 Å². The number of imide groups is 1. The van der Waals surface area contributed by atoms with E-state index in [9.17, 15) is 14.4 Å². The SMILES string of the molecule is CC(C)C(CN1C(=O)CCCCC1=O)C(=O)O. The Balaban J connectivity index is 2.78. The minimum atomic E-state index is -0.954. The summed E-state index contributed by atoms with van der Waals surface area (Å²) in [4.78, 5) is 35.6. The van der Waals surface area contributed by atoms with Gasteiger partial charge in [0.25, 0.3) is 0 Å². The zero-order chi connectivity index (χ0) is 13.0. The van der Waals surface area contributed by atoms with Crippen LogP contribution in [-0.4, -0.2) is 34.3 Å². The molecule has 1 aliphatic rings. The van der Waals surface area contributed by atoms with Crippen molar-refractivity contribution in [2.24, 2.45) is 11.8 Å². The van der Waals surface area contributed by atoms with Crippen LogP contribution in [0.3, 0.4) is 0 Å². The monoisotopic (exact) mass is 241 g/mol. The fourth-order valence-corrected chi connectivity index (χ4v) is 1.94. The van der Waals surface area contributed by atoms with Crippen molar-refractivity contribution in [1.82, 2.24) is 4.90 Å². The quantitative estimate of drug-likeness (QED) is 0.752. The van der Waals surface area contributed by atoms with Crippen LogP contribution in [0.4, 0.5) is 0 Å². The fourth-order valence-electron chi connectivity index (χ4n) is 1.94. The topological polar surface area (TPSA) is 74.7 Å². The number of nitrogens with zero attached hydrogens (tertiary/aromatic N) is 1. The third-order valence-corrected chi connectivity index (χ3v) is 3.13. The highest BCUT2D eigenvalue weighted by Crippen LogP contribution is 2.18. The number of amides is 2. The van der Waals surface area contributed by atoms with Gasteiger partial charge in [-0.1, -0.05) is 13.8 Å². The van der Waals surface area contributed by atoms with E-state index >= 15 is 0 Å². The fraction of sp³-hybridized carbons (Fsp3) is 0.750. The molecule has 1 fully saturated rings. The maximum atomic E-state index is 11.7. The Bertz CT molecular complexity index is 306. The summed E-state index contributed by atoms with van der Waals surface area (Å²) in [7, 11) is 0. The largest absolute Gasteiger partial charge is 0.481 e. The maximum Gasteiger partial charge on any atom is 0.308 e. The van der Waals surface area contributed by atoms with E-state index in [0.29, 0.717) is 25.7 Å². The maximum absolute atomic E-state index is 11.7. The van der Waals surface area contributed by atoms with Gasteiger partial charge in [-0.25, -0.2) is 0 Å². The van der Waals surface area contributed by atoms with Gasteiger partial charge in [-0.15, -0.1) is 0 Å². The lowest BCUT2D eigenvalue weighted by Gasteiger charge is -2.24. The molecule has 0 aliphatic carbocycles. The minimum Gasteiger partial charge on any atom is -0.481 e. The number of hydrogen-bond donors (Lipinski definition) is 1. The Morgan fingerprint density at radius 3 is 2.06 bits per heavy atom. The average Bonchev–Trinajstić information content (AvgIpc) is 2.37. The third-order valence-electron chi connectivity index (χ3n) is 3.13. The highest BCUT2D eigenvalue weighted by atomic mass is 16.4. The van der Waals surface area contributed by atoms with Crippen LogP contribution in [0.2, 0.25) is 0 Å². The van der Waals surface area contributed by atoms with E-state index in [0.717, 1.165) is 4.90 Å². The molecule has 1 aliphatic heterocycles. The van der Waals surface area contributed by atoms with Crippen LogP contribution in [0, 0.1) is 11.8 Å². The zero-order valence-electron chi connectivity index (χ0n) is 10.3. The number of carbonyl (C=O) groups excluding carboxylic acids is 2. The Hall–Kier alpha value is -1.39. The molecule has 17 heavy (non-hydrogen) atoms. The molecule has 96 valence electrons. The summed E-state index contributed by atoms with van der Waals surface area (Å²) in [5.74, 6) is -2.21. The van der Waals surface area contributed by atoms with E-state index in [2.05, 4.69) is 0 Å². The van der Waals surface area contributed by atoms with E-state index in [1.54, 1.807) is 13.8 Å². The molecular weight excluding hydrogens is 222 g/mol. The number of likely N-dealkylation sites (tertiary alicyclic amines) is 1. The molecule has 0 aromatic heterocycles. The molecule has 1 rings (SSSR count). The van der Waals surface area contributed by atoms with E-state index in [1.807, 2.05) is 0 Å². The van der Waals surface area contributed by atoms with Gasteiger partial charge in [-0.05, 0) is 18.8 Å². The van der Waals surface area contributed by atoms with Crippen LogP contribution in [0.5, 0.6) is 0 Å². The lowest BCUT2D eigenvalue weighted by molar-refractivity contribution is -0.149. The second-order valence-corrected chi connectivity index (χ2v) is 4.79. The lowest BCUT2D eigenvalue weighted by Crippen LogP contribution is -2.42. The van der Waals surface area contributed by atoms with Crippen molar-refractivity contribution in [3.05, 3.63) is 0 Å². The molecule has 1 atom stereocenters. The van der Waals surface area contributed by atoms with Gasteiger partial charge in [-0.3, -0.25) is 19.3 Å². The Labute approximate surface area is 101 Å². The minimum absolute atomic E-state index is 0.00463. The molecule has 5 nitrogen and oxygen atoms in total. The van der Waals surface area contributed by atoms with Crippen LogP contribution in [0.25, 0.3) is 0 Å². The van der Waals surface area contributed by atoms with Crippen molar-refractivity contribution in [3.63, 3.8) is 0 Å². The predicted molar refractivity (Wildman–Crippen MR) is 61.2 cm³/mol. The van der Waals surface area contributed by atoms with Gasteiger partial charge in [0.15, 0.2) is 0 Å². The van der Waals surface area contributed by atoms with Gasteiger partial charge in [0.05, 0.1) is 5.92 Å². The van der Waals surface area contributed by atoms with E-state index in [1.165, 1.54) is 0 Å². The Morgan fingerprint density at radius 1 is 1.24 bits per heavy atom. The number of carboxylic acid groups (broad SMARTS) is 1. The highest BCUT2D eigenvalue weighted by Gasteiger charge is 2.31. The molecule has 1 saturated heterocycles. The van der Waals surface area contributed by atoms with E-state index < -0.39 is 11.9 Å². The van der Waals surface area contributed by atoms with Gasteiger partial charge >= 0.3 is 5.97 Å². The number of carboxylic acids is 1. The molecule has 5 heteroatoms. The summed E-state index contributed by atoms with van der Waals surface area (Å²) < 4.78 is 0. The van der Waals surface area contributed by atoms with E-state index in [4.69, 9.17) is 5.11 Å². The number of aliphatic carboxylic acids is 1. The second kappa shape index (κ2) is 5.80. The van der Waals surface area contributed by atoms with Crippen molar-refractivity contribution < 1.29 is 19.5 Å². The molecule has 0 spiro atoms. The van der Waals surface area contributed by atoms with Gasteiger partial charge in [0.1, 0.15) is 0 Å². The molecule has 1 N–H and O–H groups in total. The lowest BCUT2D eigenvalue weighted by atomic mass is 9.95. The summed E-state index contributed by atoms with van der Waals surface area (Å²) in [6, 6.07) is 0. The third kappa shape index (κ3) is 3.54. The second-order valence-electron chi connectivity index (χ2n) is 4.79. The normalized spacial score (nSPS) is 19.4. The summed E-state index contributed by atoms with van der Waals surface area (Å²) in [6.07, 6.45) is 2.10. The van der Waals surface area contributed by atoms with Crippen LogP contribution in [0.15, 0.2) is 0 Å². The first kappa shape index (κ1) is 13.7. The highest BCUT2D eigenvalue weighted by molar-refractivity contribution is 5.96. The Morgan fingerprint density at radius 2 is 1.71 bits per heavy atom. The van der Waals surface area contributed by atoms with E-state index in [-0.39, 0.29) is 24.3 Å². The summed E-state index contributed by atoms with van der Waals surface area (Å²) in [6.45, 7) is 3.57. The molecule has 1 heterocycles. The van der Waals surface area contributed by atoms with Gasteiger partial charge in [0, 0.05) is 19.4 Å². The molecule has 0 radical (unpaired) electrons. The van der Waals surface area contributed by atoms with Gasteiger partial charge in [0.2, 0.25) is 11.8 Å². The van der Waals surface area contributed by atoms with Crippen molar-refractivity contribution >= 4 is 17.8 Å². The van der Waals surface area contributed by atoms with Crippen molar-refractivity contribution in [1.29, 1.82) is 0 Å². The molecular formula is C12H19NO4. The molecule has 2 amide bonds. The van der Waals surface area contributed by atoms with Crippen molar-refractivity contribution in [3.8, 4) is 0 Å². The standard InChI is InChI=1S/C12H19NO4/c1-8(2)9(12(16)17)7-13-10(14)5-3-4-6-11(13)15/h8-9H,3-7H2,1-2H3,(H,16,17). The van der Waals surface area contributed by atoms with Crippen LogP contribution < -0.4 is 0 Å². The molecule has 1 unspecified atom stereocenters. The molecule has 0 aromatic rings. The number of rotatable bonds is 4. The van der Waals surface area contributed by atoms with Crippen LogP contribution in [0.1, 0.15) is 39.5 Å². The van der Waals surface area contributed by atoms with Crippen molar-refractivity contribution in [2.75, 3.05) is 6.54 Å². The summed E-state index contributed by atoms with van der Waals surface area (Å²) >= 11 is 0. The molecule has 0 saturated carbocycles. The first-order chi connectivity index (χ1) is 7.93. The number of hydrogen-bond acceptors (Lipinski definition) is 3. The van der Waals surface area contributed by atoms with Crippen LogP contribution in [-0.2, 0) is 14.4 Å². The van der Waals surface area contributed by atoms with Crippen molar-refractivity contribution in [2.45, 2.75) is 39.5 Å². The molecule has 0 bridgehead atoms. The first-order valence-electron chi connectivity index (χ1n) is 5.99.